The van der Waals surface area contributed by atoms with Gasteiger partial charge >= 0.3 is 0 Å². The Morgan fingerprint density at radius 1 is 0.962 bits per heavy atom. The Bertz CT molecular complexity index is 898. The molecule has 0 spiro atoms. The summed E-state index contributed by atoms with van der Waals surface area (Å²) < 4.78 is 13.5. The number of nitrogens with zero attached hydrogens (tertiary/aromatic N) is 1. The van der Waals surface area contributed by atoms with Crippen LogP contribution < -0.4 is 0 Å². The van der Waals surface area contributed by atoms with Crippen LogP contribution in [0.25, 0.3) is 10.8 Å². The fraction of sp³-hybridized carbons (Fsp3) is 0.304. The lowest BCUT2D eigenvalue weighted by Crippen LogP contribution is -2.36. The van der Waals surface area contributed by atoms with Crippen LogP contribution >= 0.6 is 0 Å². The highest BCUT2D eigenvalue weighted by molar-refractivity contribution is 5.88. The first-order chi connectivity index (χ1) is 12.6. The van der Waals surface area contributed by atoms with Crippen molar-refractivity contribution in [2.24, 2.45) is 5.92 Å². The monoisotopic (exact) mass is 349 g/mol. The Balaban J connectivity index is 1.88. The van der Waals surface area contributed by atoms with Crippen LogP contribution in [0.3, 0.4) is 0 Å². The molecule has 3 heteroatoms. The molecule has 26 heavy (non-hydrogen) atoms. The molecule has 0 aromatic heterocycles. The van der Waals surface area contributed by atoms with Crippen LogP contribution in [0.2, 0.25) is 0 Å². The maximum Gasteiger partial charge on any atom is 0.123 e. The smallest absolute Gasteiger partial charge is 0.123 e. The number of likely N-dealkylation sites (tertiary alicyclic amines) is 1. The number of hydrogen-bond donors (Lipinski definition) is 1. The number of halogens is 1. The van der Waals surface area contributed by atoms with Crippen molar-refractivity contribution in [1.29, 1.82) is 0 Å². The van der Waals surface area contributed by atoms with Crippen LogP contribution in [0.15, 0.2) is 60.7 Å². The number of hydrogen-bond acceptors (Lipinski definition) is 2. The molecule has 1 fully saturated rings. The molecule has 2 nitrogen and oxygen atoms in total. The van der Waals surface area contributed by atoms with Crippen LogP contribution in [0.4, 0.5) is 4.39 Å². The Morgan fingerprint density at radius 3 is 2.38 bits per heavy atom. The van der Waals surface area contributed by atoms with E-state index in [0.717, 1.165) is 53.7 Å². The van der Waals surface area contributed by atoms with Crippen molar-refractivity contribution in [3.63, 3.8) is 0 Å². The predicted molar refractivity (Wildman–Crippen MR) is 104 cm³/mol. The maximum atomic E-state index is 13.5. The summed E-state index contributed by atoms with van der Waals surface area (Å²) in [7, 11) is 0. The molecule has 0 radical (unpaired) electrons. The van der Waals surface area contributed by atoms with E-state index in [2.05, 4.69) is 24.0 Å². The van der Waals surface area contributed by atoms with Gasteiger partial charge in [-0.15, -0.1) is 0 Å². The fourth-order valence-electron chi connectivity index (χ4n) is 4.06. The number of benzene rings is 3. The second-order valence-corrected chi connectivity index (χ2v) is 7.39. The second kappa shape index (κ2) is 7.08. The Hall–Kier alpha value is -2.39. The van der Waals surface area contributed by atoms with E-state index < -0.39 is 0 Å². The van der Waals surface area contributed by atoms with Gasteiger partial charge in [-0.2, -0.15) is 0 Å². The molecule has 1 unspecified atom stereocenters. The van der Waals surface area contributed by atoms with Crippen LogP contribution in [0.5, 0.6) is 5.75 Å². The maximum absolute atomic E-state index is 13.5. The summed E-state index contributed by atoms with van der Waals surface area (Å²) in [6.07, 6.45) is 2.28. The molecule has 1 N–H and O–H groups in total. The largest absolute Gasteiger partial charge is 0.508 e. The van der Waals surface area contributed by atoms with E-state index in [4.69, 9.17) is 0 Å². The molecule has 0 saturated carbocycles. The zero-order valence-corrected chi connectivity index (χ0v) is 15.0. The van der Waals surface area contributed by atoms with Crippen molar-refractivity contribution < 1.29 is 9.50 Å². The highest BCUT2D eigenvalue weighted by atomic mass is 19.1. The van der Waals surface area contributed by atoms with E-state index in [9.17, 15) is 9.50 Å². The minimum atomic E-state index is -0.234. The summed E-state index contributed by atoms with van der Waals surface area (Å²) in [5.41, 5.74) is 1.94. The Kier molecular flexibility index (Phi) is 4.64. The predicted octanol–water partition coefficient (Wildman–Crippen LogP) is 5.51. The van der Waals surface area contributed by atoms with Crippen molar-refractivity contribution in [3.8, 4) is 5.75 Å². The van der Waals surface area contributed by atoms with Crippen molar-refractivity contribution in [2.45, 2.75) is 25.8 Å². The third-order valence-corrected chi connectivity index (χ3v) is 5.59. The number of piperidine rings is 1. The van der Waals surface area contributed by atoms with Gasteiger partial charge in [0.05, 0.1) is 6.04 Å². The van der Waals surface area contributed by atoms with Gasteiger partial charge in [-0.25, -0.2) is 4.39 Å². The molecule has 1 atom stereocenters. The zero-order valence-electron chi connectivity index (χ0n) is 15.0. The highest BCUT2D eigenvalue weighted by Crippen LogP contribution is 2.40. The van der Waals surface area contributed by atoms with Crippen LogP contribution in [0.1, 0.15) is 36.9 Å². The lowest BCUT2D eigenvalue weighted by atomic mass is 9.89. The molecule has 3 aromatic rings. The van der Waals surface area contributed by atoms with Gasteiger partial charge in [0.25, 0.3) is 0 Å². The molecule has 0 amide bonds. The lowest BCUT2D eigenvalue weighted by Gasteiger charge is -2.38. The van der Waals surface area contributed by atoms with Gasteiger partial charge in [-0.05, 0) is 66.4 Å². The topological polar surface area (TPSA) is 23.5 Å². The summed E-state index contributed by atoms with van der Waals surface area (Å²) >= 11 is 0. The van der Waals surface area contributed by atoms with Gasteiger partial charge in [0.1, 0.15) is 11.6 Å². The minimum Gasteiger partial charge on any atom is -0.508 e. The minimum absolute atomic E-state index is 0.0748. The average Bonchev–Trinajstić information content (AvgIpc) is 2.66. The number of aromatic hydroxyl groups is 1. The van der Waals surface area contributed by atoms with Gasteiger partial charge < -0.3 is 5.11 Å². The molecule has 0 bridgehead atoms. The number of fused-ring (bicyclic) bond motifs is 1. The van der Waals surface area contributed by atoms with Crippen molar-refractivity contribution >= 4 is 10.8 Å². The van der Waals surface area contributed by atoms with Crippen molar-refractivity contribution in [3.05, 3.63) is 77.6 Å². The molecule has 3 aromatic carbocycles. The standard InChI is InChI=1S/C23H24FNO/c1-16-12-14-25(15-13-16)23(18-6-9-19(24)10-7-18)22-20-5-3-2-4-17(20)8-11-21(22)26/h2-11,16,23,26H,12-15H2,1H3. The van der Waals surface area contributed by atoms with Gasteiger partial charge in [0, 0.05) is 5.56 Å². The Morgan fingerprint density at radius 2 is 1.65 bits per heavy atom. The number of rotatable bonds is 3. The van der Waals surface area contributed by atoms with E-state index in [-0.39, 0.29) is 11.9 Å². The molecule has 1 aliphatic rings. The molecule has 0 aliphatic carbocycles. The summed E-state index contributed by atoms with van der Waals surface area (Å²) in [6.45, 7) is 4.25. The van der Waals surface area contributed by atoms with Gasteiger partial charge in [-0.1, -0.05) is 49.4 Å². The fourth-order valence-corrected chi connectivity index (χ4v) is 4.06. The zero-order chi connectivity index (χ0) is 18.1. The average molecular weight is 349 g/mol. The van der Waals surface area contributed by atoms with E-state index in [1.54, 1.807) is 6.07 Å². The molecule has 1 heterocycles. The summed E-state index contributed by atoms with van der Waals surface area (Å²) in [4.78, 5) is 2.43. The van der Waals surface area contributed by atoms with Crippen LogP contribution in [0, 0.1) is 11.7 Å². The first-order valence-corrected chi connectivity index (χ1v) is 9.33. The molecule has 1 aliphatic heterocycles. The molecule has 4 rings (SSSR count). The normalized spacial score (nSPS) is 17.5. The van der Waals surface area contributed by atoms with E-state index >= 15 is 0 Å². The van der Waals surface area contributed by atoms with Gasteiger partial charge in [0.2, 0.25) is 0 Å². The number of phenols is 1. The number of phenolic OH excluding ortho intramolecular Hbond substituents is 1. The lowest BCUT2D eigenvalue weighted by molar-refractivity contribution is 0.156. The summed E-state index contributed by atoms with van der Waals surface area (Å²) in [5.74, 6) is 0.791. The molecule has 1 saturated heterocycles. The van der Waals surface area contributed by atoms with Gasteiger partial charge in [-0.3, -0.25) is 4.90 Å². The first-order valence-electron chi connectivity index (χ1n) is 9.33. The van der Waals surface area contributed by atoms with Gasteiger partial charge in [0.15, 0.2) is 0 Å². The van der Waals surface area contributed by atoms with Crippen LogP contribution in [-0.2, 0) is 0 Å². The molecule has 134 valence electrons. The summed E-state index contributed by atoms with van der Waals surface area (Å²) in [5, 5.41) is 12.9. The SMILES string of the molecule is CC1CCN(C(c2ccc(F)cc2)c2c(O)ccc3ccccc23)CC1. The Labute approximate surface area is 153 Å². The van der Waals surface area contributed by atoms with E-state index in [1.165, 1.54) is 12.1 Å². The quantitative estimate of drug-likeness (QED) is 0.674. The third-order valence-electron chi connectivity index (χ3n) is 5.59. The van der Waals surface area contributed by atoms with E-state index in [1.807, 2.05) is 30.3 Å². The van der Waals surface area contributed by atoms with Crippen LogP contribution in [-0.4, -0.2) is 23.1 Å². The van der Waals surface area contributed by atoms with E-state index in [0.29, 0.717) is 5.75 Å². The van der Waals surface area contributed by atoms with Crippen molar-refractivity contribution in [1.82, 2.24) is 4.90 Å². The first kappa shape index (κ1) is 17.0. The highest BCUT2D eigenvalue weighted by Gasteiger charge is 2.29. The van der Waals surface area contributed by atoms with Crippen molar-refractivity contribution in [2.75, 3.05) is 13.1 Å². The summed E-state index contributed by atoms with van der Waals surface area (Å²) in [6, 6.07) is 18.5. The second-order valence-electron chi connectivity index (χ2n) is 7.39. The molecular weight excluding hydrogens is 325 g/mol. The molecular formula is C23H24FNO. The third kappa shape index (κ3) is 3.19.